The van der Waals surface area contributed by atoms with Gasteiger partial charge in [0.1, 0.15) is 12.2 Å². The molecule has 1 aromatic heterocycles. The zero-order valence-electron chi connectivity index (χ0n) is 12.1. The zero-order valence-corrected chi connectivity index (χ0v) is 12.1. The highest BCUT2D eigenvalue weighted by molar-refractivity contribution is 4.92. The SMILES string of the molecule is CCCNC1CCOCC1Cc1ncnn1CCC. The molecule has 0 bridgehead atoms. The molecule has 0 radical (unpaired) electrons. The van der Waals surface area contributed by atoms with E-state index in [0.717, 1.165) is 51.4 Å². The Morgan fingerprint density at radius 1 is 1.42 bits per heavy atom. The number of ether oxygens (including phenoxy) is 1. The lowest BCUT2D eigenvalue weighted by Crippen LogP contribution is -2.44. The number of hydrogen-bond acceptors (Lipinski definition) is 4. The van der Waals surface area contributed by atoms with Gasteiger partial charge in [-0.1, -0.05) is 13.8 Å². The summed E-state index contributed by atoms with van der Waals surface area (Å²) in [5, 5.41) is 7.95. The molecule has 0 aromatic carbocycles. The molecule has 1 aliphatic rings. The number of nitrogens with one attached hydrogen (secondary N) is 1. The van der Waals surface area contributed by atoms with Crippen LogP contribution in [0.25, 0.3) is 0 Å². The van der Waals surface area contributed by atoms with Crippen molar-refractivity contribution in [1.29, 1.82) is 0 Å². The van der Waals surface area contributed by atoms with E-state index < -0.39 is 0 Å². The Balaban J connectivity index is 1.96. The molecule has 0 saturated carbocycles. The van der Waals surface area contributed by atoms with Crippen LogP contribution in [0, 0.1) is 5.92 Å². The molecule has 1 saturated heterocycles. The van der Waals surface area contributed by atoms with Crippen LogP contribution in [0.3, 0.4) is 0 Å². The van der Waals surface area contributed by atoms with Crippen LogP contribution in [0.5, 0.6) is 0 Å². The van der Waals surface area contributed by atoms with Gasteiger partial charge in [-0.25, -0.2) is 4.98 Å². The third-order valence-electron chi connectivity index (χ3n) is 3.71. The maximum atomic E-state index is 5.64. The molecule has 1 N–H and O–H groups in total. The molecule has 0 amide bonds. The molecule has 2 atom stereocenters. The summed E-state index contributed by atoms with van der Waals surface area (Å²) in [6, 6.07) is 0.556. The lowest BCUT2D eigenvalue weighted by Gasteiger charge is -2.32. The van der Waals surface area contributed by atoms with Gasteiger partial charge in [0, 0.05) is 31.5 Å². The molecule has 2 heterocycles. The fraction of sp³-hybridized carbons (Fsp3) is 0.857. The Morgan fingerprint density at radius 2 is 2.32 bits per heavy atom. The molecule has 1 aliphatic heterocycles. The van der Waals surface area contributed by atoms with E-state index in [0.29, 0.717) is 12.0 Å². The average Bonchev–Trinajstić information content (AvgIpc) is 2.86. The predicted molar refractivity (Wildman–Crippen MR) is 75.0 cm³/mol. The smallest absolute Gasteiger partial charge is 0.138 e. The maximum absolute atomic E-state index is 5.64. The zero-order chi connectivity index (χ0) is 13.5. The first kappa shape index (κ1) is 14.5. The maximum Gasteiger partial charge on any atom is 0.138 e. The van der Waals surface area contributed by atoms with Crippen LogP contribution in [0.15, 0.2) is 6.33 Å². The van der Waals surface area contributed by atoms with Crippen molar-refractivity contribution in [2.24, 2.45) is 5.92 Å². The Hall–Kier alpha value is -0.940. The average molecular weight is 266 g/mol. The summed E-state index contributed by atoms with van der Waals surface area (Å²) >= 11 is 0. The van der Waals surface area contributed by atoms with Crippen molar-refractivity contribution >= 4 is 0 Å². The minimum atomic E-state index is 0.514. The molecule has 19 heavy (non-hydrogen) atoms. The number of aromatic nitrogens is 3. The van der Waals surface area contributed by atoms with E-state index in [4.69, 9.17) is 4.74 Å². The van der Waals surface area contributed by atoms with Gasteiger partial charge in [-0.2, -0.15) is 5.10 Å². The molecule has 108 valence electrons. The molecule has 0 aliphatic carbocycles. The topological polar surface area (TPSA) is 52.0 Å². The summed E-state index contributed by atoms with van der Waals surface area (Å²) in [7, 11) is 0. The molecule has 2 rings (SSSR count). The summed E-state index contributed by atoms with van der Waals surface area (Å²) < 4.78 is 7.68. The van der Waals surface area contributed by atoms with E-state index in [9.17, 15) is 0 Å². The lowest BCUT2D eigenvalue weighted by atomic mass is 9.92. The first-order valence-corrected chi connectivity index (χ1v) is 7.53. The van der Waals surface area contributed by atoms with Crippen molar-refractivity contribution in [3.8, 4) is 0 Å². The van der Waals surface area contributed by atoms with E-state index >= 15 is 0 Å². The molecule has 2 unspecified atom stereocenters. The second-order valence-corrected chi connectivity index (χ2v) is 5.29. The van der Waals surface area contributed by atoms with Crippen molar-refractivity contribution in [1.82, 2.24) is 20.1 Å². The minimum Gasteiger partial charge on any atom is -0.381 e. The van der Waals surface area contributed by atoms with Crippen LogP contribution < -0.4 is 5.32 Å². The molecule has 5 nitrogen and oxygen atoms in total. The van der Waals surface area contributed by atoms with Gasteiger partial charge in [0.05, 0.1) is 6.61 Å². The number of nitrogens with zero attached hydrogens (tertiary/aromatic N) is 3. The van der Waals surface area contributed by atoms with Crippen LogP contribution in [-0.4, -0.2) is 40.6 Å². The van der Waals surface area contributed by atoms with Crippen molar-refractivity contribution in [3.05, 3.63) is 12.2 Å². The summed E-state index contributed by atoms with van der Waals surface area (Å²) in [6.45, 7) is 8.12. The van der Waals surface area contributed by atoms with E-state index in [1.165, 1.54) is 6.42 Å². The van der Waals surface area contributed by atoms with Gasteiger partial charge < -0.3 is 10.1 Å². The fourth-order valence-electron chi connectivity index (χ4n) is 2.68. The first-order valence-electron chi connectivity index (χ1n) is 7.53. The monoisotopic (exact) mass is 266 g/mol. The third-order valence-corrected chi connectivity index (χ3v) is 3.71. The molecule has 1 aromatic rings. The van der Waals surface area contributed by atoms with Crippen molar-refractivity contribution < 1.29 is 4.74 Å². The van der Waals surface area contributed by atoms with Crippen molar-refractivity contribution in [2.75, 3.05) is 19.8 Å². The highest BCUT2D eigenvalue weighted by Gasteiger charge is 2.26. The second-order valence-electron chi connectivity index (χ2n) is 5.29. The molecular formula is C14H26N4O. The van der Waals surface area contributed by atoms with Crippen LogP contribution in [-0.2, 0) is 17.7 Å². The first-order chi connectivity index (χ1) is 9.35. The summed E-state index contributed by atoms with van der Waals surface area (Å²) in [4.78, 5) is 4.41. The molecule has 5 heteroatoms. The van der Waals surface area contributed by atoms with Gasteiger partial charge in [0.25, 0.3) is 0 Å². The molecular weight excluding hydrogens is 240 g/mol. The van der Waals surface area contributed by atoms with Gasteiger partial charge >= 0.3 is 0 Å². The summed E-state index contributed by atoms with van der Waals surface area (Å²) in [6.07, 6.45) is 6.00. The third kappa shape index (κ3) is 4.01. The lowest BCUT2D eigenvalue weighted by molar-refractivity contribution is 0.0311. The van der Waals surface area contributed by atoms with Gasteiger partial charge in [0.15, 0.2) is 0 Å². The number of aryl methyl sites for hydroxylation is 1. The largest absolute Gasteiger partial charge is 0.381 e. The summed E-state index contributed by atoms with van der Waals surface area (Å²) in [5.74, 6) is 1.61. The van der Waals surface area contributed by atoms with Gasteiger partial charge in [0.2, 0.25) is 0 Å². The minimum absolute atomic E-state index is 0.514. The molecule has 0 spiro atoms. The highest BCUT2D eigenvalue weighted by Crippen LogP contribution is 2.19. The Morgan fingerprint density at radius 3 is 3.11 bits per heavy atom. The predicted octanol–water partition coefficient (Wildman–Crippen LogP) is 1.64. The van der Waals surface area contributed by atoms with Gasteiger partial charge in [-0.3, -0.25) is 4.68 Å². The fourth-order valence-corrected chi connectivity index (χ4v) is 2.68. The number of hydrogen-bond donors (Lipinski definition) is 1. The van der Waals surface area contributed by atoms with E-state index in [1.807, 2.05) is 4.68 Å². The van der Waals surface area contributed by atoms with Crippen LogP contribution in [0.4, 0.5) is 0 Å². The summed E-state index contributed by atoms with van der Waals surface area (Å²) in [5.41, 5.74) is 0. The van der Waals surface area contributed by atoms with Crippen LogP contribution in [0.1, 0.15) is 38.9 Å². The second kappa shape index (κ2) is 7.60. The molecule has 1 fully saturated rings. The Labute approximate surface area is 115 Å². The van der Waals surface area contributed by atoms with Crippen LogP contribution >= 0.6 is 0 Å². The Bertz CT molecular complexity index is 366. The van der Waals surface area contributed by atoms with Gasteiger partial charge in [-0.05, 0) is 25.8 Å². The Kier molecular flexibility index (Phi) is 5.79. The quantitative estimate of drug-likeness (QED) is 0.815. The van der Waals surface area contributed by atoms with E-state index in [1.54, 1.807) is 6.33 Å². The number of rotatable bonds is 7. The highest BCUT2D eigenvalue weighted by atomic mass is 16.5. The van der Waals surface area contributed by atoms with Gasteiger partial charge in [-0.15, -0.1) is 0 Å². The van der Waals surface area contributed by atoms with Crippen molar-refractivity contribution in [2.45, 2.75) is 52.1 Å². The van der Waals surface area contributed by atoms with E-state index in [2.05, 4.69) is 29.2 Å². The normalized spacial score (nSPS) is 23.7. The van der Waals surface area contributed by atoms with Crippen molar-refractivity contribution in [3.63, 3.8) is 0 Å². The standard InChI is InChI=1S/C14H26N4O/c1-3-6-15-13-5-8-19-10-12(13)9-14-16-11-17-18(14)7-4-2/h11-13,15H,3-10H2,1-2H3. The van der Waals surface area contributed by atoms with Crippen LogP contribution in [0.2, 0.25) is 0 Å². The van der Waals surface area contributed by atoms with E-state index in [-0.39, 0.29) is 0 Å².